The summed E-state index contributed by atoms with van der Waals surface area (Å²) < 4.78 is 6.58. The summed E-state index contributed by atoms with van der Waals surface area (Å²) in [6.07, 6.45) is 6.91. The number of rotatable bonds is 7. The molecule has 1 aromatic carbocycles. The highest BCUT2D eigenvalue weighted by Crippen LogP contribution is 2.26. The number of likely N-dealkylation sites (tertiary alicyclic amines) is 1. The molecular weight excluding hydrogens is 412 g/mol. The Morgan fingerprint density at radius 1 is 1.31 bits per heavy atom. The highest BCUT2D eigenvalue weighted by atomic mass is 79.9. The zero-order chi connectivity index (χ0) is 18.9. The number of amides is 1. The topological polar surface area (TPSA) is 41.6 Å². The van der Waals surface area contributed by atoms with Crippen LogP contribution in [0.25, 0.3) is 0 Å². The van der Waals surface area contributed by atoms with Gasteiger partial charge in [-0.25, -0.2) is 0 Å². The fourth-order valence-electron chi connectivity index (χ4n) is 2.93. The molecule has 0 aromatic heterocycles. The van der Waals surface area contributed by atoms with E-state index in [0.29, 0.717) is 17.3 Å². The molecule has 0 atom stereocenters. The second-order valence-electron chi connectivity index (χ2n) is 6.98. The molecule has 2 rings (SSSR count). The predicted octanol–water partition coefficient (Wildman–Crippen LogP) is 5.15. The SMILES string of the molecule is CCCCCCOc1ccc(C(=O)NC(=S)N2CCC(C)CC2)cc1Br. The summed E-state index contributed by atoms with van der Waals surface area (Å²) in [7, 11) is 0. The standard InChI is InChI=1S/C20H29BrN2O2S/c1-3-4-5-6-13-25-18-8-7-16(14-17(18)21)19(24)22-20(26)23-11-9-15(2)10-12-23/h7-8,14-15H,3-6,9-13H2,1-2H3,(H,22,24,26). The number of halogens is 1. The molecule has 4 nitrogen and oxygen atoms in total. The number of unbranched alkanes of at least 4 members (excludes halogenated alkanes) is 3. The molecule has 1 heterocycles. The van der Waals surface area contributed by atoms with Crippen LogP contribution >= 0.6 is 28.1 Å². The number of hydrogen-bond acceptors (Lipinski definition) is 3. The molecule has 0 radical (unpaired) electrons. The van der Waals surface area contributed by atoms with Gasteiger partial charge in [0.2, 0.25) is 0 Å². The van der Waals surface area contributed by atoms with E-state index < -0.39 is 0 Å². The van der Waals surface area contributed by atoms with Crippen molar-refractivity contribution in [2.24, 2.45) is 5.92 Å². The second kappa shape index (κ2) is 10.9. The van der Waals surface area contributed by atoms with Gasteiger partial charge in [0.1, 0.15) is 5.75 Å². The summed E-state index contributed by atoms with van der Waals surface area (Å²) in [5, 5.41) is 3.37. The molecule has 0 bridgehead atoms. The van der Waals surface area contributed by atoms with Crippen LogP contribution in [0.3, 0.4) is 0 Å². The van der Waals surface area contributed by atoms with E-state index in [0.717, 1.165) is 48.5 Å². The Kier molecular flexibility index (Phi) is 8.85. The van der Waals surface area contributed by atoms with E-state index in [4.69, 9.17) is 17.0 Å². The zero-order valence-corrected chi connectivity index (χ0v) is 18.1. The van der Waals surface area contributed by atoms with E-state index >= 15 is 0 Å². The Hall–Kier alpha value is -1.14. The number of nitrogens with one attached hydrogen (secondary N) is 1. The van der Waals surface area contributed by atoms with E-state index in [2.05, 4.69) is 40.0 Å². The number of ether oxygens (including phenoxy) is 1. The lowest BCUT2D eigenvalue weighted by Crippen LogP contribution is -2.46. The summed E-state index contributed by atoms with van der Waals surface area (Å²) in [5.41, 5.74) is 0.572. The normalized spacial score (nSPS) is 15.0. The summed E-state index contributed by atoms with van der Waals surface area (Å²) in [5.74, 6) is 1.32. The first kappa shape index (κ1) is 21.2. The zero-order valence-electron chi connectivity index (χ0n) is 15.7. The largest absolute Gasteiger partial charge is 0.492 e. The Morgan fingerprint density at radius 3 is 2.69 bits per heavy atom. The lowest BCUT2D eigenvalue weighted by molar-refractivity contribution is 0.0972. The smallest absolute Gasteiger partial charge is 0.257 e. The molecule has 1 N–H and O–H groups in total. The van der Waals surface area contributed by atoms with Crippen LogP contribution in [-0.2, 0) is 0 Å². The quantitative estimate of drug-likeness (QED) is 0.469. The highest BCUT2D eigenvalue weighted by Gasteiger charge is 2.20. The summed E-state index contributed by atoms with van der Waals surface area (Å²) in [6, 6.07) is 5.41. The van der Waals surface area contributed by atoms with Gasteiger partial charge in [0.05, 0.1) is 11.1 Å². The molecule has 1 aliphatic rings. The maximum absolute atomic E-state index is 12.5. The number of nitrogens with zero attached hydrogens (tertiary/aromatic N) is 1. The summed E-state index contributed by atoms with van der Waals surface area (Å²) >= 11 is 8.90. The van der Waals surface area contributed by atoms with Crippen molar-refractivity contribution in [2.75, 3.05) is 19.7 Å². The third kappa shape index (κ3) is 6.54. The number of carbonyl (C=O) groups excluding carboxylic acids is 1. The molecule has 1 fully saturated rings. The molecule has 1 saturated heterocycles. The predicted molar refractivity (Wildman–Crippen MR) is 114 cm³/mol. The van der Waals surface area contributed by atoms with Crippen LogP contribution in [-0.4, -0.2) is 35.6 Å². The van der Waals surface area contributed by atoms with Crippen LogP contribution in [0.4, 0.5) is 0 Å². The lowest BCUT2D eigenvalue weighted by Gasteiger charge is -2.32. The Bertz CT molecular complexity index is 616. The minimum atomic E-state index is -0.177. The van der Waals surface area contributed by atoms with E-state index in [1.165, 1.54) is 19.3 Å². The Balaban J connectivity index is 1.85. The molecule has 0 saturated carbocycles. The van der Waals surface area contributed by atoms with Gasteiger partial charge in [0.25, 0.3) is 5.91 Å². The van der Waals surface area contributed by atoms with Crippen molar-refractivity contribution in [3.8, 4) is 5.75 Å². The van der Waals surface area contributed by atoms with Gasteiger partial charge in [-0.1, -0.05) is 33.1 Å². The van der Waals surface area contributed by atoms with Gasteiger partial charge >= 0.3 is 0 Å². The maximum atomic E-state index is 12.5. The summed E-state index contributed by atoms with van der Waals surface area (Å²) in [4.78, 5) is 14.6. The average Bonchev–Trinajstić information content (AvgIpc) is 2.63. The van der Waals surface area contributed by atoms with E-state index in [-0.39, 0.29) is 5.91 Å². The fourth-order valence-corrected chi connectivity index (χ4v) is 3.70. The molecule has 0 unspecified atom stereocenters. The number of thiocarbonyl (C=S) groups is 1. The van der Waals surface area contributed by atoms with Crippen molar-refractivity contribution in [3.63, 3.8) is 0 Å². The molecular formula is C20H29BrN2O2S. The lowest BCUT2D eigenvalue weighted by atomic mass is 10.00. The van der Waals surface area contributed by atoms with Gasteiger partial charge in [0.15, 0.2) is 5.11 Å². The minimum Gasteiger partial charge on any atom is -0.492 e. The van der Waals surface area contributed by atoms with Gasteiger partial charge in [0, 0.05) is 18.7 Å². The van der Waals surface area contributed by atoms with E-state index in [1.54, 1.807) is 12.1 Å². The van der Waals surface area contributed by atoms with Crippen LogP contribution in [0.5, 0.6) is 5.75 Å². The molecule has 0 aliphatic carbocycles. The number of hydrogen-bond donors (Lipinski definition) is 1. The van der Waals surface area contributed by atoms with Crippen molar-refractivity contribution >= 4 is 39.2 Å². The Labute approximate surface area is 170 Å². The molecule has 0 spiro atoms. The van der Waals surface area contributed by atoms with E-state index in [9.17, 15) is 4.79 Å². The summed E-state index contributed by atoms with van der Waals surface area (Å²) in [6.45, 7) is 6.97. The monoisotopic (exact) mass is 440 g/mol. The van der Waals surface area contributed by atoms with Gasteiger partial charge in [-0.2, -0.15) is 0 Å². The molecule has 1 amide bonds. The van der Waals surface area contributed by atoms with Crippen molar-refractivity contribution in [1.29, 1.82) is 0 Å². The third-order valence-electron chi connectivity index (χ3n) is 4.74. The molecule has 1 aliphatic heterocycles. The third-order valence-corrected chi connectivity index (χ3v) is 5.72. The van der Waals surface area contributed by atoms with Gasteiger partial charge in [-0.15, -0.1) is 0 Å². The van der Waals surface area contributed by atoms with Crippen molar-refractivity contribution in [2.45, 2.75) is 52.4 Å². The second-order valence-corrected chi connectivity index (χ2v) is 8.22. The first-order valence-electron chi connectivity index (χ1n) is 9.54. The van der Waals surface area contributed by atoms with Crippen LogP contribution in [0.2, 0.25) is 0 Å². The molecule has 6 heteroatoms. The van der Waals surface area contributed by atoms with Gasteiger partial charge < -0.3 is 9.64 Å². The molecule has 26 heavy (non-hydrogen) atoms. The van der Waals surface area contributed by atoms with Crippen molar-refractivity contribution < 1.29 is 9.53 Å². The Morgan fingerprint density at radius 2 is 2.04 bits per heavy atom. The number of carbonyl (C=O) groups is 1. The minimum absolute atomic E-state index is 0.177. The van der Waals surface area contributed by atoms with Crippen LogP contribution in [0, 0.1) is 5.92 Å². The van der Waals surface area contributed by atoms with E-state index in [1.807, 2.05) is 6.07 Å². The van der Waals surface area contributed by atoms with Crippen molar-refractivity contribution in [1.82, 2.24) is 10.2 Å². The van der Waals surface area contributed by atoms with Gasteiger partial charge in [-0.3, -0.25) is 10.1 Å². The first-order chi connectivity index (χ1) is 12.5. The maximum Gasteiger partial charge on any atom is 0.257 e. The van der Waals surface area contributed by atoms with Crippen molar-refractivity contribution in [3.05, 3.63) is 28.2 Å². The number of benzene rings is 1. The molecule has 144 valence electrons. The van der Waals surface area contributed by atoms with Gasteiger partial charge in [-0.05, 0) is 71.5 Å². The highest BCUT2D eigenvalue weighted by molar-refractivity contribution is 9.10. The number of piperidine rings is 1. The van der Waals surface area contributed by atoms with Crippen LogP contribution < -0.4 is 10.1 Å². The van der Waals surface area contributed by atoms with Crippen LogP contribution in [0.15, 0.2) is 22.7 Å². The van der Waals surface area contributed by atoms with Crippen LogP contribution in [0.1, 0.15) is 62.7 Å². The average molecular weight is 441 g/mol. The first-order valence-corrected chi connectivity index (χ1v) is 10.7. The molecule has 1 aromatic rings. The fraction of sp³-hybridized carbons (Fsp3) is 0.600.